The molecule has 0 aliphatic heterocycles. The summed E-state index contributed by atoms with van der Waals surface area (Å²) >= 11 is 6.44. The number of amides is 1. The second-order valence-electron chi connectivity index (χ2n) is 12.1. The molecule has 5 heteroatoms. The molecule has 0 heterocycles. The minimum atomic E-state index is 0.0426. The quantitative estimate of drug-likeness (QED) is 0.159. The second-order valence-corrected chi connectivity index (χ2v) is 12.1. The summed E-state index contributed by atoms with van der Waals surface area (Å²) in [6.45, 7) is 16.2. The van der Waals surface area contributed by atoms with Crippen LogP contribution in [0, 0.1) is 18.8 Å². The minimum Gasteiger partial charge on any atom is -0.349 e. The Balaban J connectivity index is 0.000000631. The van der Waals surface area contributed by atoms with Crippen molar-refractivity contribution in [3.05, 3.63) is 70.3 Å². The van der Waals surface area contributed by atoms with Gasteiger partial charge in [-0.1, -0.05) is 115 Å². The molecule has 4 rings (SSSR count). The highest BCUT2D eigenvalue weighted by atomic mass is 33.1. The first kappa shape index (κ1) is 38.6. The zero-order valence-corrected chi connectivity index (χ0v) is 29.6. The molecule has 3 unspecified atom stereocenters. The van der Waals surface area contributed by atoms with Gasteiger partial charge in [0.15, 0.2) is 0 Å². The number of hydrogen-bond acceptors (Lipinski definition) is 4. The molecule has 1 saturated carbocycles. The van der Waals surface area contributed by atoms with E-state index in [4.69, 9.17) is 0 Å². The number of thiol groups is 2. The summed E-state index contributed by atoms with van der Waals surface area (Å²) in [4.78, 5) is 12.6. The molecule has 1 fully saturated rings. The molecule has 2 aliphatic rings. The second kappa shape index (κ2) is 23.0. The number of rotatable bonds is 10. The summed E-state index contributed by atoms with van der Waals surface area (Å²) in [6, 6.07) is 15.6. The number of unbranched alkanes of at least 4 members (excludes halogenated alkanes) is 1. The van der Waals surface area contributed by atoms with Gasteiger partial charge < -0.3 is 10.6 Å². The maximum atomic E-state index is 12.6. The molecule has 0 bridgehead atoms. The van der Waals surface area contributed by atoms with Crippen LogP contribution in [0.5, 0.6) is 0 Å². The molecular formula is C37H62N2OS2. The van der Waals surface area contributed by atoms with E-state index in [1.54, 1.807) is 0 Å². The third-order valence-electron chi connectivity index (χ3n) is 8.88. The molecule has 0 spiro atoms. The van der Waals surface area contributed by atoms with Crippen molar-refractivity contribution < 1.29 is 4.79 Å². The Bertz CT molecular complexity index is 972. The van der Waals surface area contributed by atoms with Crippen molar-refractivity contribution in [1.82, 2.24) is 10.6 Å². The number of fused-ring (bicyclic) bond motifs is 1. The zero-order chi connectivity index (χ0) is 31.3. The molecule has 0 aromatic heterocycles. The lowest BCUT2D eigenvalue weighted by Gasteiger charge is -2.29. The zero-order valence-electron chi connectivity index (χ0n) is 27.8. The lowest BCUT2D eigenvalue weighted by molar-refractivity contribution is 0.0933. The number of hydrogen-bond donors (Lipinski definition) is 4. The van der Waals surface area contributed by atoms with Crippen LogP contribution in [0.4, 0.5) is 0 Å². The van der Waals surface area contributed by atoms with Crippen LogP contribution in [0.1, 0.15) is 138 Å². The van der Waals surface area contributed by atoms with E-state index in [2.05, 4.69) is 79.8 Å². The van der Waals surface area contributed by atoms with Gasteiger partial charge in [0.2, 0.25) is 0 Å². The van der Waals surface area contributed by atoms with Crippen LogP contribution in [0.25, 0.3) is 0 Å². The lowest BCUT2D eigenvalue weighted by Crippen LogP contribution is -2.39. The van der Waals surface area contributed by atoms with Crippen LogP contribution in [0.2, 0.25) is 0 Å². The molecule has 2 aliphatic carbocycles. The fourth-order valence-corrected chi connectivity index (χ4v) is 5.85. The van der Waals surface area contributed by atoms with E-state index >= 15 is 0 Å². The van der Waals surface area contributed by atoms with E-state index in [1.807, 2.05) is 45.0 Å². The Labute approximate surface area is 270 Å². The number of nitrogens with one attached hydrogen (secondary N) is 2. The molecular weight excluding hydrogens is 553 g/mol. The first-order valence-electron chi connectivity index (χ1n) is 16.8. The molecule has 238 valence electrons. The van der Waals surface area contributed by atoms with Gasteiger partial charge in [0.05, 0.1) is 0 Å². The monoisotopic (exact) mass is 614 g/mol. The fraction of sp³-hybridized carbons (Fsp3) is 0.649. The van der Waals surface area contributed by atoms with Gasteiger partial charge in [-0.3, -0.25) is 4.79 Å². The fourth-order valence-electron chi connectivity index (χ4n) is 5.85. The van der Waals surface area contributed by atoms with Gasteiger partial charge in [0, 0.05) is 24.2 Å². The van der Waals surface area contributed by atoms with Crippen molar-refractivity contribution in [2.24, 2.45) is 11.8 Å². The number of benzene rings is 2. The van der Waals surface area contributed by atoms with E-state index in [0.717, 1.165) is 43.2 Å². The van der Waals surface area contributed by atoms with Crippen LogP contribution >= 0.6 is 23.3 Å². The smallest absolute Gasteiger partial charge is 0.251 e. The van der Waals surface area contributed by atoms with Gasteiger partial charge in [0.1, 0.15) is 0 Å². The summed E-state index contributed by atoms with van der Waals surface area (Å²) in [5.74, 6) is 1.84. The number of aryl methyl sites for hydroxylation is 2. The van der Waals surface area contributed by atoms with Crippen molar-refractivity contribution >= 4 is 29.2 Å². The van der Waals surface area contributed by atoms with E-state index in [-0.39, 0.29) is 11.9 Å². The van der Waals surface area contributed by atoms with E-state index in [1.165, 1.54) is 80.0 Å². The largest absolute Gasteiger partial charge is 0.349 e. The van der Waals surface area contributed by atoms with Crippen LogP contribution in [-0.4, -0.2) is 18.0 Å². The standard InChI is InChI=1S/C27H36N2O.C8H18.C2H6.H2S2/c1-19-8-11-23(12-9-19)27(30)29-26-15-14-24-16-21(10-13-25(24)17-26)18-28-20(2)22-6-4-3-5-7-22;1-4-6-7-8(3)5-2;2*1-2/h8-13,16,20,22,26,28H,3-7,14-15,17-18H2,1-2H3,(H,29,30);8H,4-7H2,1-3H3;1-2H3;1-2H. The number of carbonyl (C=O) groups is 1. The highest BCUT2D eigenvalue weighted by molar-refractivity contribution is 8.59. The van der Waals surface area contributed by atoms with Crippen LogP contribution < -0.4 is 10.6 Å². The summed E-state index contributed by atoms with van der Waals surface area (Å²) in [5.41, 5.74) is 6.16. The molecule has 0 saturated heterocycles. The van der Waals surface area contributed by atoms with E-state index in [9.17, 15) is 4.79 Å². The minimum absolute atomic E-state index is 0.0426. The number of carbonyl (C=O) groups excluding carboxylic acids is 1. The molecule has 2 aromatic carbocycles. The van der Waals surface area contributed by atoms with Crippen molar-refractivity contribution in [2.45, 2.75) is 144 Å². The van der Waals surface area contributed by atoms with E-state index < -0.39 is 0 Å². The Hall–Kier alpha value is -1.43. The Kier molecular flexibility index (Phi) is 21.2. The predicted molar refractivity (Wildman–Crippen MR) is 192 cm³/mol. The summed E-state index contributed by atoms with van der Waals surface area (Å²) in [6.07, 6.45) is 15.5. The Morgan fingerprint density at radius 3 is 2.21 bits per heavy atom. The third-order valence-corrected chi connectivity index (χ3v) is 8.88. The average Bonchev–Trinajstić information content (AvgIpc) is 3.05. The van der Waals surface area contributed by atoms with Crippen LogP contribution in [0.3, 0.4) is 0 Å². The SMILES string of the molecule is CC.CCCCC(C)CC.Cc1ccc(C(=O)NC2CCc3cc(CNC(C)C4CCCCC4)ccc3C2)cc1.SS. The highest BCUT2D eigenvalue weighted by Gasteiger charge is 2.22. The summed E-state index contributed by atoms with van der Waals surface area (Å²) < 4.78 is 0. The third kappa shape index (κ3) is 14.4. The van der Waals surface area contributed by atoms with Gasteiger partial charge in [-0.25, -0.2) is 0 Å². The van der Waals surface area contributed by atoms with Crippen molar-refractivity contribution in [1.29, 1.82) is 0 Å². The van der Waals surface area contributed by atoms with Crippen molar-refractivity contribution in [3.8, 4) is 0 Å². The lowest BCUT2D eigenvalue weighted by atomic mass is 9.84. The van der Waals surface area contributed by atoms with Gasteiger partial charge in [0.25, 0.3) is 5.91 Å². The molecule has 2 N–H and O–H groups in total. The normalized spacial score (nSPS) is 17.5. The molecule has 1 amide bonds. The van der Waals surface area contributed by atoms with E-state index in [0.29, 0.717) is 6.04 Å². The summed E-state index contributed by atoms with van der Waals surface area (Å²) in [5, 5.41) is 7.01. The van der Waals surface area contributed by atoms with Gasteiger partial charge in [-0.05, 0) is 86.6 Å². The first-order chi connectivity index (χ1) is 20.4. The highest BCUT2D eigenvalue weighted by Crippen LogP contribution is 2.27. The average molecular weight is 615 g/mol. The molecule has 3 nitrogen and oxygen atoms in total. The molecule has 0 radical (unpaired) electrons. The van der Waals surface area contributed by atoms with Crippen molar-refractivity contribution in [2.75, 3.05) is 0 Å². The van der Waals surface area contributed by atoms with Gasteiger partial charge in [-0.2, -0.15) is 0 Å². The maximum absolute atomic E-state index is 12.6. The predicted octanol–water partition coefficient (Wildman–Crippen LogP) is 10.4. The topological polar surface area (TPSA) is 41.1 Å². The Morgan fingerprint density at radius 1 is 0.929 bits per heavy atom. The first-order valence-corrected chi connectivity index (χ1v) is 18.4. The van der Waals surface area contributed by atoms with Crippen LogP contribution in [0.15, 0.2) is 42.5 Å². The van der Waals surface area contributed by atoms with Crippen LogP contribution in [-0.2, 0) is 19.4 Å². The maximum Gasteiger partial charge on any atom is 0.251 e. The van der Waals surface area contributed by atoms with Gasteiger partial charge >= 0.3 is 0 Å². The van der Waals surface area contributed by atoms with Gasteiger partial charge in [-0.15, -0.1) is 23.3 Å². The summed E-state index contributed by atoms with van der Waals surface area (Å²) in [7, 11) is 0. The molecule has 2 aromatic rings. The van der Waals surface area contributed by atoms with Crippen molar-refractivity contribution in [3.63, 3.8) is 0 Å². The molecule has 3 atom stereocenters. The Morgan fingerprint density at radius 2 is 1.60 bits per heavy atom. The molecule has 42 heavy (non-hydrogen) atoms.